The van der Waals surface area contributed by atoms with Gasteiger partial charge in [0.25, 0.3) is 5.91 Å². The molecule has 0 aliphatic heterocycles. The zero-order chi connectivity index (χ0) is 19.0. The molecular weight excluding hydrogens is 390 g/mol. The number of carboxylic acids is 1. The summed E-state index contributed by atoms with van der Waals surface area (Å²) in [6.07, 6.45) is 3.07. The Kier molecular flexibility index (Phi) is 8.12. The molecule has 0 fully saturated rings. The molecule has 0 aromatic heterocycles. The van der Waals surface area contributed by atoms with Gasteiger partial charge in [-0.15, -0.1) is 0 Å². The first-order chi connectivity index (χ1) is 11.6. The van der Waals surface area contributed by atoms with E-state index in [1.54, 1.807) is 19.2 Å². The minimum atomic E-state index is -1.02. The molecule has 0 bridgehead atoms. The molecule has 0 unspecified atom stereocenters. The van der Waals surface area contributed by atoms with E-state index in [2.05, 4.69) is 15.9 Å². The van der Waals surface area contributed by atoms with E-state index in [4.69, 9.17) is 14.7 Å². The number of carbonyl (C=O) groups is 2. The van der Waals surface area contributed by atoms with Crippen LogP contribution in [0.25, 0.3) is 0 Å². The number of rotatable bonds is 8. The van der Waals surface area contributed by atoms with E-state index in [0.717, 1.165) is 16.1 Å². The first-order valence-electron chi connectivity index (χ1n) is 7.84. The van der Waals surface area contributed by atoms with Crippen LogP contribution in [-0.2, 0) is 20.8 Å². The number of carboxylic acid groups (broad SMARTS) is 1. The summed E-state index contributed by atoms with van der Waals surface area (Å²) in [6, 6.07) is 5.42. The molecule has 0 aliphatic rings. The van der Waals surface area contributed by atoms with Gasteiger partial charge in [-0.1, -0.05) is 22.0 Å². The molecule has 6 nitrogen and oxygen atoms in total. The van der Waals surface area contributed by atoms with Crippen LogP contribution in [0.4, 0.5) is 0 Å². The Labute approximate surface area is 156 Å². The molecule has 1 amide bonds. The fourth-order valence-electron chi connectivity index (χ4n) is 1.99. The molecule has 0 atom stereocenters. The van der Waals surface area contributed by atoms with Crippen molar-refractivity contribution in [2.24, 2.45) is 0 Å². The van der Waals surface area contributed by atoms with Crippen LogP contribution >= 0.6 is 15.9 Å². The second kappa shape index (κ2) is 9.58. The number of carbonyl (C=O) groups excluding carboxylic acids is 1. The summed E-state index contributed by atoms with van der Waals surface area (Å²) in [7, 11) is 1.57. The average Bonchev–Trinajstić information content (AvgIpc) is 2.51. The van der Waals surface area contributed by atoms with Crippen LogP contribution in [0.3, 0.4) is 0 Å². The lowest BCUT2D eigenvalue weighted by Crippen LogP contribution is -2.39. The largest absolute Gasteiger partial charge is 0.497 e. The number of benzene rings is 1. The molecule has 0 aliphatic carbocycles. The van der Waals surface area contributed by atoms with Gasteiger partial charge in [0.05, 0.1) is 25.7 Å². The summed E-state index contributed by atoms with van der Waals surface area (Å²) in [5.74, 6) is -0.568. The predicted molar refractivity (Wildman–Crippen MR) is 98.3 cm³/mol. The number of hydrogen-bond donors (Lipinski definition) is 1. The maximum atomic E-state index is 12.7. The Morgan fingerprint density at radius 2 is 2.00 bits per heavy atom. The molecule has 0 radical (unpaired) electrons. The van der Waals surface area contributed by atoms with Crippen molar-refractivity contribution in [1.82, 2.24) is 5.06 Å². The van der Waals surface area contributed by atoms with Gasteiger partial charge in [0.15, 0.2) is 0 Å². The van der Waals surface area contributed by atoms with Crippen molar-refractivity contribution in [2.45, 2.75) is 39.2 Å². The Balaban J connectivity index is 2.86. The number of hydrogen-bond acceptors (Lipinski definition) is 4. The molecule has 1 aromatic rings. The quantitative estimate of drug-likeness (QED) is 0.520. The highest BCUT2D eigenvalue weighted by Gasteiger charge is 2.22. The fourth-order valence-corrected chi connectivity index (χ4v) is 2.38. The van der Waals surface area contributed by atoms with Gasteiger partial charge in [0, 0.05) is 10.5 Å². The molecule has 25 heavy (non-hydrogen) atoms. The van der Waals surface area contributed by atoms with Gasteiger partial charge in [0.2, 0.25) is 0 Å². The normalized spacial score (nSPS) is 11.6. The highest BCUT2D eigenvalue weighted by atomic mass is 79.9. The third-order valence-electron chi connectivity index (χ3n) is 3.02. The van der Waals surface area contributed by atoms with E-state index in [1.165, 1.54) is 11.1 Å². The average molecular weight is 414 g/mol. The monoisotopic (exact) mass is 413 g/mol. The number of aliphatic carboxylic acids is 1. The molecule has 7 heteroatoms. The highest BCUT2D eigenvalue weighted by Crippen LogP contribution is 2.24. The lowest BCUT2D eigenvalue weighted by atomic mass is 10.1. The number of methoxy groups -OCH3 is 1. The van der Waals surface area contributed by atoms with Crippen LogP contribution in [0.2, 0.25) is 0 Å². The van der Waals surface area contributed by atoms with Gasteiger partial charge in [-0.25, -0.2) is 9.86 Å². The summed E-state index contributed by atoms with van der Waals surface area (Å²) < 4.78 is 6.00. The zero-order valence-electron chi connectivity index (χ0n) is 14.9. The van der Waals surface area contributed by atoms with E-state index in [-0.39, 0.29) is 18.9 Å². The SMILES string of the molecule is COc1ccc(Br)c(CC(=O)N(CC/C=C/C(=O)O)OC(C)(C)C)c1. The van der Waals surface area contributed by atoms with E-state index in [0.29, 0.717) is 12.2 Å². The topological polar surface area (TPSA) is 76.1 Å². The van der Waals surface area contributed by atoms with E-state index in [9.17, 15) is 9.59 Å². The van der Waals surface area contributed by atoms with E-state index in [1.807, 2.05) is 26.8 Å². The standard InChI is InChI=1S/C18H24BrNO5/c1-18(2,3)25-20(10-6-5-7-17(22)23)16(21)12-13-11-14(24-4)8-9-15(13)19/h5,7-9,11H,6,10,12H2,1-4H3,(H,22,23)/b7-5+. The van der Waals surface area contributed by atoms with Gasteiger partial charge in [-0.05, 0) is 51.0 Å². The van der Waals surface area contributed by atoms with Gasteiger partial charge in [-0.2, -0.15) is 0 Å². The third-order valence-corrected chi connectivity index (χ3v) is 3.79. The molecule has 0 saturated carbocycles. The van der Waals surface area contributed by atoms with Crippen molar-refractivity contribution in [3.63, 3.8) is 0 Å². The summed E-state index contributed by atoms with van der Waals surface area (Å²) in [5.41, 5.74) is 0.241. The number of ether oxygens (including phenoxy) is 1. The molecule has 0 spiro atoms. The fraction of sp³-hybridized carbons (Fsp3) is 0.444. The number of amides is 1. The number of hydroxylamine groups is 2. The van der Waals surface area contributed by atoms with Gasteiger partial charge < -0.3 is 9.84 Å². The first-order valence-corrected chi connectivity index (χ1v) is 8.63. The smallest absolute Gasteiger partial charge is 0.327 e. The molecule has 1 rings (SSSR count). The summed E-state index contributed by atoms with van der Waals surface area (Å²) in [4.78, 5) is 28.9. The first kappa shape index (κ1) is 21.2. The van der Waals surface area contributed by atoms with Crippen LogP contribution in [-0.4, -0.2) is 41.3 Å². The summed E-state index contributed by atoms with van der Waals surface area (Å²) in [5, 5.41) is 9.92. The lowest BCUT2D eigenvalue weighted by molar-refractivity contribution is -0.226. The van der Waals surface area contributed by atoms with Crippen molar-refractivity contribution >= 4 is 27.8 Å². The van der Waals surface area contributed by atoms with Crippen LogP contribution < -0.4 is 4.74 Å². The zero-order valence-corrected chi connectivity index (χ0v) is 16.5. The van der Waals surface area contributed by atoms with Crippen molar-refractivity contribution in [3.8, 4) is 5.75 Å². The van der Waals surface area contributed by atoms with Crippen molar-refractivity contribution < 1.29 is 24.3 Å². The van der Waals surface area contributed by atoms with Crippen molar-refractivity contribution in [3.05, 3.63) is 40.4 Å². The van der Waals surface area contributed by atoms with Crippen molar-refractivity contribution in [1.29, 1.82) is 0 Å². The van der Waals surface area contributed by atoms with E-state index < -0.39 is 11.6 Å². The van der Waals surface area contributed by atoms with Crippen molar-refractivity contribution in [2.75, 3.05) is 13.7 Å². The molecule has 0 saturated heterocycles. The summed E-state index contributed by atoms with van der Waals surface area (Å²) >= 11 is 3.43. The molecule has 1 aromatic carbocycles. The van der Waals surface area contributed by atoms with Gasteiger partial charge >= 0.3 is 5.97 Å². The minimum Gasteiger partial charge on any atom is -0.497 e. The Hall–Kier alpha value is -1.86. The van der Waals surface area contributed by atoms with Crippen LogP contribution in [0, 0.1) is 0 Å². The van der Waals surface area contributed by atoms with Gasteiger partial charge in [-0.3, -0.25) is 9.63 Å². The van der Waals surface area contributed by atoms with Crippen LogP contribution in [0.15, 0.2) is 34.8 Å². The van der Waals surface area contributed by atoms with Crippen LogP contribution in [0.1, 0.15) is 32.8 Å². The maximum Gasteiger partial charge on any atom is 0.327 e. The molecule has 138 valence electrons. The van der Waals surface area contributed by atoms with Crippen LogP contribution in [0.5, 0.6) is 5.75 Å². The number of nitrogens with zero attached hydrogens (tertiary/aromatic N) is 1. The second-order valence-corrected chi connectivity index (χ2v) is 7.22. The summed E-state index contributed by atoms with van der Waals surface area (Å²) in [6.45, 7) is 5.81. The number of halogens is 1. The van der Waals surface area contributed by atoms with E-state index >= 15 is 0 Å². The Morgan fingerprint density at radius 1 is 1.32 bits per heavy atom. The third kappa shape index (κ3) is 8.18. The minimum absolute atomic E-state index is 0.135. The lowest BCUT2D eigenvalue weighted by Gasteiger charge is -2.29. The highest BCUT2D eigenvalue weighted by molar-refractivity contribution is 9.10. The molecule has 1 N–H and O–H groups in total. The molecular formula is C18H24BrNO5. The van der Waals surface area contributed by atoms with Gasteiger partial charge in [0.1, 0.15) is 5.75 Å². The molecule has 0 heterocycles. The Morgan fingerprint density at radius 3 is 2.56 bits per heavy atom. The Bertz CT molecular complexity index is 637. The predicted octanol–water partition coefficient (Wildman–Crippen LogP) is 3.59. The second-order valence-electron chi connectivity index (χ2n) is 6.36. The maximum absolute atomic E-state index is 12.7.